The third-order valence-corrected chi connectivity index (χ3v) is 8.64. The number of carbonyl (C=O) groups excluding carboxylic acids is 3. The van der Waals surface area contributed by atoms with Crippen molar-refractivity contribution < 1.29 is 34.1 Å². The van der Waals surface area contributed by atoms with Gasteiger partial charge in [0.15, 0.2) is 0 Å². The zero-order chi connectivity index (χ0) is 29.8. The van der Waals surface area contributed by atoms with Gasteiger partial charge in [-0.25, -0.2) is 4.68 Å². The number of hydrogen-bond acceptors (Lipinski definition) is 11. The Hall–Kier alpha value is -2.69. The lowest BCUT2D eigenvalue weighted by Crippen LogP contribution is -2.57. The van der Waals surface area contributed by atoms with Gasteiger partial charge >= 0.3 is 0 Å². The molecule has 5 rings (SSSR count). The molecule has 15 nitrogen and oxygen atoms in total. The molecule has 4 aliphatic rings. The zero-order valence-corrected chi connectivity index (χ0v) is 24.4. The second-order valence-corrected chi connectivity index (χ2v) is 12.0. The van der Waals surface area contributed by atoms with Crippen LogP contribution >= 0.6 is 0 Å². The van der Waals surface area contributed by atoms with Crippen molar-refractivity contribution in [2.75, 3.05) is 60.0 Å². The second kappa shape index (κ2) is 13.7. The average molecular weight is 593 g/mol. The number of aliphatic hydroxyl groups is 2. The fraction of sp³-hybridized carbons (Fsp3) is 0.815. The van der Waals surface area contributed by atoms with Crippen LogP contribution in [0, 0.1) is 0 Å². The molecule has 4 saturated heterocycles. The number of carbonyl (C=O) groups is 3. The van der Waals surface area contributed by atoms with Crippen LogP contribution in [-0.2, 0) is 30.4 Å². The van der Waals surface area contributed by atoms with Gasteiger partial charge in [-0.2, -0.15) is 0 Å². The van der Waals surface area contributed by atoms with E-state index >= 15 is 0 Å². The van der Waals surface area contributed by atoms with Crippen LogP contribution in [0.15, 0.2) is 6.20 Å². The van der Waals surface area contributed by atoms with E-state index in [0.29, 0.717) is 45.7 Å². The standard InChI is InChI=1S/C27H44N8O7/c1-32(2)14-18-15-35(31-30-18)19-3-7-34-20(11-19)27(40)29-13-22-26(39)25(38)21(42-22)12-23(36)33(16-24(34)37)8-6-28-17-4-9-41-10-5-17/h15,17,19-22,25-26,28,38-39H,3-14,16H2,1-2H3,(H,29,40)/t19-,20+,21+,22-,25?,26?/m1/s1. The lowest BCUT2D eigenvalue weighted by atomic mass is 9.95. The Morgan fingerprint density at radius 3 is 2.62 bits per heavy atom. The van der Waals surface area contributed by atoms with Crippen LogP contribution in [0.1, 0.15) is 43.8 Å². The monoisotopic (exact) mass is 592 g/mol. The first-order chi connectivity index (χ1) is 20.2. The first-order valence-corrected chi connectivity index (χ1v) is 14.9. The number of fused-ring (bicyclic) bond motifs is 3. The summed E-state index contributed by atoms with van der Waals surface area (Å²) in [7, 11) is 3.89. The summed E-state index contributed by atoms with van der Waals surface area (Å²) in [5.41, 5.74) is 0.807. The molecule has 2 unspecified atom stereocenters. The van der Waals surface area contributed by atoms with Crippen molar-refractivity contribution in [2.45, 2.75) is 81.2 Å². The number of aliphatic hydroxyl groups excluding tert-OH is 2. The van der Waals surface area contributed by atoms with E-state index in [2.05, 4.69) is 20.9 Å². The minimum Gasteiger partial charge on any atom is -0.388 e. The van der Waals surface area contributed by atoms with Crippen LogP contribution in [0.3, 0.4) is 0 Å². The number of aromatic nitrogens is 3. The van der Waals surface area contributed by atoms with Gasteiger partial charge in [-0.1, -0.05) is 5.21 Å². The Kier molecular flexibility index (Phi) is 10.1. The van der Waals surface area contributed by atoms with Gasteiger partial charge in [0.05, 0.1) is 37.0 Å². The van der Waals surface area contributed by atoms with E-state index in [4.69, 9.17) is 9.47 Å². The van der Waals surface area contributed by atoms with Gasteiger partial charge < -0.3 is 45.0 Å². The molecule has 3 amide bonds. The van der Waals surface area contributed by atoms with Crippen molar-refractivity contribution in [3.8, 4) is 0 Å². The smallest absolute Gasteiger partial charge is 0.242 e. The highest BCUT2D eigenvalue weighted by molar-refractivity contribution is 5.90. The van der Waals surface area contributed by atoms with Gasteiger partial charge in [0.25, 0.3) is 0 Å². The van der Waals surface area contributed by atoms with Gasteiger partial charge in [-0.05, 0) is 39.8 Å². The van der Waals surface area contributed by atoms with Crippen molar-refractivity contribution in [2.24, 2.45) is 0 Å². The van der Waals surface area contributed by atoms with Crippen molar-refractivity contribution in [1.29, 1.82) is 0 Å². The molecule has 0 spiro atoms. The van der Waals surface area contributed by atoms with Gasteiger partial charge in [0.1, 0.15) is 24.4 Å². The number of nitrogens with one attached hydrogen (secondary N) is 2. The molecule has 4 N–H and O–H groups in total. The van der Waals surface area contributed by atoms with Crippen LogP contribution in [0.4, 0.5) is 0 Å². The Morgan fingerprint density at radius 2 is 1.86 bits per heavy atom. The van der Waals surface area contributed by atoms with Crippen molar-refractivity contribution >= 4 is 17.7 Å². The maximum absolute atomic E-state index is 13.7. The van der Waals surface area contributed by atoms with Crippen LogP contribution in [-0.4, -0.2) is 154 Å². The fourth-order valence-electron chi connectivity index (χ4n) is 6.26. The predicted molar refractivity (Wildman–Crippen MR) is 148 cm³/mol. The third-order valence-electron chi connectivity index (χ3n) is 8.64. The molecule has 15 heteroatoms. The summed E-state index contributed by atoms with van der Waals surface area (Å²) in [5.74, 6) is -1.05. The van der Waals surface area contributed by atoms with Gasteiger partial charge in [-0.15, -0.1) is 5.10 Å². The Morgan fingerprint density at radius 1 is 1.10 bits per heavy atom. The molecule has 42 heavy (non-hydrogen) atoms. The molecular weight excluding hydrogens is 548 g/mol. The summed E-state index contributed by atoms with van der Waals surface area (Å²) in [5, 5.41) is 36.0. The zero-order valence-electron chi connectivity index (χ0n) is 24.4. The molecule has 0 aromatic carbocycles. The first-order valence-electron chi connectivity index (χ1n) is 14.9. The molecule has 0 aliphatic carbocycles. The molecule has 1 aromatic heterocycles. The van der Waals surface area contributed by atoms with Gasteiger partial charge in [0.2, 0.25) is 17.7 Å². The fourth-order valence-corrected chi connectivity index (χ4v) is 6.26. The van der Waals surface area contributed by atoms with Crippen molar-refractivity contribution in [1.82, 2.24) is 40.3 Å². The normalized spacial score (nSPS) is 31.9. The highest BCUT2D eigenvalue weighted by atomic mass is 16.5. The number of rotatable bonds is 7. The van der Waals surface area contributed by atoms with E-state index in [1.807, 2.05) is 25.2 Å². The quantitative estimate of drug-likeness (QED) is 0.263. The third kappa shape index (κ3) is 7.26. The number of nitrogens with zero attached hydrogens (tertiary/aromatic N) is 6. The summed E-state index contributed by atoms with van der Waals surface area (Å²) >= 11 is 0. The Balaban J connectivity index is 1.33. The van der Waals surface area contributed by atoms with Crippen LogP contribution in [0.25, 0.3) is 0 Å². The molecule has 1 aromatic rings. The number of amides is 3. The summed E-state index contributed by atoms with van der Waals surface area (Å²) < 4.78 is 13.0. The van der Waals surface area contributed by atoms with E-state index in [9.17, 15) is 24.6 Å². The van der Waals surface area contributed by atoms with E-state index < -0.39 is 30.5 Å². The van der Waals surface area contributed by atoms with Crippen molar-refractivity contribution in [3.05, 3.63) is 11.9 Å². The SMILES string of the molecule is CN(C)Cc1cn([C@@H]2CCN3C(=O)CN(CCNC4CCOCC4)C(=O)C[C@@H]4O[C@H](CNC(=O)[C@@H]3C2)C(O)C4O)nn1. The van der Waals surface area contributed by atoms with E-state index in [0.717, 1.165) is 18.5 Å². The molecule has 6 atom stereocenters. The molecule has 0 saturated carbocycles. The topological polar surface area (TPSA) is 175 Å². The maximum atomic E-state index is 13.7. The first kappa shape index (κ1) is 30.8. The molecule has 4 fully saturated rings. The highest BCUT2D eigenvalue weighted by Crippen LogP contribution is 2.29. The molecule has 0 radical (unpaired) electrons. The lowest BCUT2D eigenvalue weighted by Gasteiger charge is -2.39. The number of hydrogen-bond donors (Lipinski definition) is 4. The summed E-state index contributed by atoms with van der Waals surface area (Å²) in [4.78, 5) is 45.7. The van der Waals surface area contributed by atoms with E-state index in [1.54, 1.807) is 9.58 Å². The summed E-state index contributed by atoms with van der Waals surface area (Å²) in [6.07, 6.45) is -0.00170. The Bertz CT molecular complexity index is 1100. The maximum Gasteiger partial charge on any atom is 0.242 e. The van der Waals surface area contributed by atoms with Crippen molar-refractivity contribution in [3.63, 3.8) is 0 Å². The van der Waals surface area contributed by atoms with Crippen LogP contribution < -0.4 is 10.6 Å². The summed E-state index contributed by atoms with van der Waals surface area (Å²) in [6.45, 7) is 2.82. The Labute approximate surface area is 245 Å². The largest absolute Gasteiger partial charge is 0.388 e. The predicted octanol–water partition coefficient (Wildman–Crippen LogP) is -2.52. The average Bonchev–Trinajstić information content (AvgIpc) is 3.54. The molecule has 2 bridgehead atoms. The van der Waals surface area contributed by atoms with Gasteiger partial charge in [0, 0.05) is 52.0 Å². The van der Waals surface area contributed by atoms with Crippen LogP contribution in [0.5, 0.6) is 0 Å². The van der Waals surface area contributed by atoms with Gasteiger partial charge in [-0.3, -0.25) is 14.4 Å². The molecule has 234 valence electrons. The number of ether oxygens (including phenoxy) is 2. The number of piperidine rings is 1. The minimum absolute atomic E-state index is 0.0556. The van der Waals surface area contributed by atoms with E-state index in [-0.39, 0.29) is 55.9 Å². The second-order valence-electron chi connectivity index (χ2n) is 12.0. The molecule has 5 heterocycles. The summed E-state index contributed by atoms with van der Waals surface area (Å²) in [6, 6.07) is -0.682. The lowest BCUT2D eigenvalue weighted by molar-refractivity contribution is -0.147. The minimum atomic E-state index is -1.28. The molecule has 4 aliphatic heterocycles. The molecular formula is C27H44N8O7. The van der Waals surface area contributed by atoms with E-state index in [1.165, 1.54) is 4.90 Å². The van der Waals surface area contributed by atoms with Crippen LogP contribution in [0.2, 0.25) is 0 Å². The highest BCUT2D eigenvalue weighted by Gasteiger charge is 2.45.